The van der Waals surface area contributed by atoms with Gasteiger partial charge in [0.2, 0.25) is 5.88 Å². The molecule has 3 heterocycles. The minimum Gasteiger partial charge on any atom is -0.477 e. The number of hydrogen-bond donors (Lipinski definition) is 3. The van der Waals surface area contributed by atoms with Gasteiger partial charge in [0, 0.05) is 24.9 Å². The van der Waals surface area contributed by atoms with Crippen LogP contribution in [0.1, 0.15) is 86.8 Å². The molecule has 46 heavy (non-hydrogen) atoms. The number of aromatic carboxylic acids is 1. The smallest absolute Gasteiger partial charge is 0.388 e. The third-order valence-corrected chi connectivity index (χ3v) is 6.91. The molecule has 0 spiro atoms. The number of hydrogen-bond acceptors (Lipinski definition) is 9. The molecular weight excluding hydrogens is 633 g/mol. The van der Waals surface area contributed by atoms with Crippen LogP contribution in [0.5, 0.6) is 5.88 Å². The second-order valence-corrected chi connectivity index (χ2v) is 11.4. The van der Waals surface area contributed by atoms with E-state index in [1.807, 2.05) is 6.92 Å². The standard InChI is InChI=1S/C23H23FN4O5.C7H7ClF2N2O/c1-11-12-7-8-16(14(12)6-5-13(11)22(32)33-23(2,3)4)27-20(29)18-9-17(21(30)31)26-19-15(24)10-25-28(18)19;8-12-4-5-1-2-11-6(3-5)13-7(9)10/h5-6,9-10,16H,7-8H2,1-4H3,(H,27,29)(H,30,31);1-3,7,12H,4H2/t16-;/m0./s1. The van der Waals surface area contributed by atoms with Crippen molar-refractivity contribution in [2.75, 3.05) is 0 Å². The third-order valence-electron chi connectivity index (χ3n) is 6.78. The Morgan fingerprint density at radius 2 is 1.93 bits per heavy atom. The van der Waals surface area contributed by atoms with E-state index in [0.717, 1.165) is 39.0 Å². The number of pyridine rings is 1. The zero-order chi connectivity index (χ0) is 33.8. The highest BCUT2D eigenvalue weighted by Crippen LogP contribution is 2.35. The lowest BCUT2D eigenvalue weighted by molar-refractivity contribution is -0.0529. The summed E-state index contributed by atoms with van der Waals surface area (Å²) in [5, 5.41) is 16.0. The molecule has 0 bridgehead atoms. The van der Waals surface area contributed by atoms with Gasteiger partial charge in [-0.25, -0.2) is 33.3 Å². The summed E-state index contributed by atoms with van der Waals surface area (Å²) >= 11 is 5.23. The van der Waals surface area contributed by atoms with Crippen molar-refractivity contribution >= 4 is 35.3 Å². The molecule has 1 aliphatic rings. The van der Waals surface area contributed by atoms with Crippen molar-refractivity contribution < 1.29 is 42.1 Å². The van der Waals surface area contributed by atoms with Gasteiger partial charge < -0.3 is 19.9 Å². The van der Waals surface area contributed by atoms with E-state index >= 15 is 0 Å². The van der Waals surface area contributed by atoms with Gasteiger partial charge in [-0.3, -0.25) is 4.79 Å². The second kappa shape index (κ2) is 14.1. The molecule has 0 unspecified atom stereocenters. The molecule has 4 aromatic rings. The highest BCUT2D eigenvalue weighted by Gasteiger charge is 2.30. The van der Waals surface area contributed by atoms with Crippen LogP contribution in [0.3, 0.4) is 0 Å². The lowest BCUT2D eigenvalue weighted by Crippen LogP contribution is -2.29. The first-order chi connectivity index (χ1) is 21.7. The summed E-state index contributed by atoms with van der Waals surface area (Å²) in [4.78, 5) is 46.6. The summed E-state index contributed by atoms with van der Waals surface area (Å²) in [6.45, 7) is 4.76. The van der Waals surface area contributed by atoms with E-state index in [4.69, 9.17) is 16.5 Å². The molecule has 0 saturated carbocycles. The average molecular weight is 663 g/mol. The van der Waals surface area contributed by atoms with Crippen LogP contribution < -0.4 is 14.9 Å². The van der Waals surface area contributed by atoms with Gasteiger partial charge in [-0.2, -0.15) is 13.9 Å². The average Bonchev–Trinajstić information content (AvgIpc) is 3.55. The number of fused-ring (bicyclic) bond motifs is 2. The Morgan fingerprint density at radius 1 is 1.20 bits per heavy atom. The number of halogens is 4. The molecule has 1 atom stereocenters. The van der Waals surface area contributed by atoms with Gasteiger partial charge >= 0.3 is 18.6 Å². The lowest BCUT2D eigenvalue weighted by Gasteiger charge is -2.21. The van der Waals surface area contributed by atoms with Crippen molar-refractivity contribution in [1.29, 1.82) is 0 Å². The monoisotopic (exact) mass is 662 g/mol. The summed E-state index contributed by atoms with van der Waals surface area (Å²) in [5.74, 6) is -3.34. The fourth-order valence-electron chi connectivity index (χ4n) is 4.82. The molecule has 1 amide bonds. The van der Waals surface area contributed by atoms with E-state index in [9.17, 15) is 32.7 Å². The molecule has 1 aliphatic carbocycles. The first kappa shape index (κ1) is 34.1. The van der Waals surface area contributed by atoms with E-state index in [1.165, 1.54) is 12.3 Å². The van der Waals surface area contributed by atoms with Crippen molar-refractivity contribution in [3.8, 4) is 5.88 Å². The highest BCUT2D eigenvalue weighted by atomic mass is 35.5. The van der Waals surface area contributed by atoms with E-state index in [-0.39, 0.29) is 23.3 Å². The van der Waals surface area contributed by atoms with E-state index in [0.29, 0.717) is 24.9 Å². The number of nitrogens with one attached hydrogen (secondary N) is 2. The van der Waals surface area contributed by atoms with Crippen LogP contribution in [0.25, 0.3) is 5.65 Å². The molecule has 1 aromatic carbocycles. The predicted molar refractivity (Wildman–Crippen MR) is 158 cm³/mol. The molecule has 12 nitrogen and oxygen atoms in total. The third kappa shape index (κ3) is 8.09. The number of carboxylic acid groups (broad SMARTS) is 1. The number of aromatic nitrogens is 4. The maximum atomic E-state index is 14.0. The SMILES string of the molecule is Cc1c(C(=O)OC(C)(C)C)ccc2c1CC[C@@H]2NC(=O)c1cc(C(=O)O)nc2c(F)cnn12.FC(F)Oc1cc(CNCl)ccn1. The maximum absolute atomic E-state index is 14.0. The normalized spacial score (nSPS) is 14.0. The summed E-state index contributed by atoms with van der Waals surface area (Å²) in [7, 11) is 0. The number of amides is 1. The van der Waals surface area contributed by atoms with Crippen LogP contribution in [-0.4, -0.2) is 54.7 Å². The number of carboxylic acids is 1. The zero-order valence-electron chi connectivity index (χ0n) is 25.1. The number of rotatable bonds is 8. The van der Waals surface area contributed by atoms with Crippen LogP contribution in [0.15, 0.2) is 42.7 Å². The van der Waals surface area contributed by atoms with Gasteiger partial charge in [0.05, 0.1) is 17.8 Å². The fourth-order valence-corrected chi connectivity index (χ4v) is 4.97. The van der Waals surface area contributed by atoms with Crippen molar-refractivity contribution in [2.24, 2.45) is 0 Å². The Hall–Kier alpha value is -4.76. The minimum absolute atomic E-state index is 0.112. The molecule has 3 N–H and O–H groups in total. The molecule has 0 saturated heterocycles. The number of ether oxygens (including phenoxy) is 2. The van der Waals surface area contributed by atoms with Gasteiger partial charge in [-0.05, 0) is 86.7 Å². The largest absolute Gasteiger partial charge is 0.477 e. The van der Waals surface area contributed by atoms with Crippen molar-refractivity contribution in [3.63, 3.8) is 0 Å². The molecule has 5 rings (SSSR count). The van der Waals surface area contributed by atoms with Gasteiger partial charge in [0.15, 0.2) is 17.2 Å². The summed E-state index contributed by atoms with van der Waals surface area (Å²) in [5.41, 5.74) is 2.26. The zero-order valence-corrected chi connectivity index (χ0v) is 25.9. The molecule has 16 heteroatoms. The van der Waals surface area contributed by atoms with Gasteiger partial charge in [-0.15, -0.1) is 0 Å². The van der Waals surface area contributed by atoms with E-state index in [2.05, 4.69) is 30.0 Å². The number of esters is 1. The Bertz CT molecular complexity index is 1780. The number of carbonyl (C=O) groups excluding carboxylic acids is 2. The van der Waals surface area contributed by atoms with Gasteiger partial charge in [0.25, 0.3) is 5.91 Å². The number of carbonyl (C=O) groups is 3. The first-order valence-electron chi connectivity index (χ1n) is 13.9. The van der Waals surface area contributed by atoms with E-state index < -0.39 is 41.6 Å². The quantitative estimate of drug-likeness (QED) is 0.170. The Balaban J connectivity index is 0.000000310. The van der Waals surface area contributed by atoms with Crippen LogP contribution in [0.2, 0.25) is 0 Å². The van der Waals surface area contributed by atoms with Crippen LogP contribution >= 0.6 is 11.8 Å². The van der Waals surface area contributed by atoms with Crippen molar-refractivity contribution in [1.82, 2.24) is 29.7 Å². The number of benzene rings is 1. The molecule has 3 aromatic heterocycles. The predicted octanol–water partition coefficient (Wildman–Crippen LogP) is 5.17. The summed E-state index contributed by atoms with van der Waals surface area (Å²) in [6.07, 6.45) is 3.48. The lowest BCUT2D eigenvalue weighted by atomic mass is 9.97. The molecular formula is C30H30ClF3N6O6. The molecule has 244 valence electrons. The van der Waals surface area contributed by atoms with Crippen LogP contribution in [0, 0.1) is 12.7 Å². The fraction of sp³-hybridized carbons (Fsp3) is 0.333. The van der Waals surface area contributed by atoms with Crippen LogP contribution in [-0.2, 0) is 17.7 Å². The van der Waals surface area contributed by atoms with Crippen LogP contribution in [0.4, 0.5) is 13.2 Å². The first-order valence-corrected chi connectivity index (χ1v) is 14.2. The Kier molecular flexibility index (Phi) is 10.5. The highest BCUT2D eigenvalue weighted by molar-refractivity contribution is 6.13. The molecule has 0 radical (unpaired) electrons. The topological polar surface area (TPSA) is 157 Å². The molecule has 0 fully saturated rings. The van der Waals surface area contributed by atoms with Gasteiger partial charge in [-0.1, -0.05) is 6.07 Å². The Morgan fingerprint density at radius 3 is 2.59 bits per heavy atom. The van der Waals surface area contributed by atoms with Crippen molar-refractivity contribution in [3.05, 3.63) is 87.7 Å². The minimum atomic E-state index is -2.85. The summed E-state index contributed by atoms with van der Waals surface area (Å²) < 4.78 is 48.0. The summed E-state index contributed by atoms with van der Waals surface area (Å²) in [6, 6.07) is 7.20. The van der Waals surface area contributed by atoms with E-state index in [1.54, 1.807) is 39.0 Å². The maximum Gasteiger partial charge on any atom is 0.388 e. The Labute approximate surface area is 266 Å². The second-order valence-electron chi connectivity index (χ2n) is 11.1. The molecule has 0 aliphatic heterocycles. The number of alkyl halides is 2. The van der Waals surface area contributed by atoms with Crippen molar-refractivity contribution in [2.45, 2.75) is 65.3 Å². The number of nitrogens with zero attached hydrogens (tertiary/aromatic N) is 4. The van der Waals surface area contributed by atoms with Gasteiger partial charge in [0.1, 0.15) is 11.3 Å².